The Labute approximate surface area is 90.2 Å². The molecular formula is C10H12Cl2N-. The summed E-state index contributed by atoms with van der Waals surface area (Å²) >= 11 is 5.94. The highest BCUT2D eigenvalue weighted by Gasteiger charge is 1.95. The minimum absolute atomic E-state index is 0. The van der Waals surface area contributed by atoms with Gasteiger partial charge in [-0.15, -0.1) is 6.58 Å². The van der Waals surface area contributed by atoms with E-state index in [9.17, 15) is 0 Å². The van der Waals surface area contributed by atoms with Crippen molar-refractivity contribution >= 4 is 11.6 Å². The van der Waals surface area contributed by atoms with Gasteiger partial charge in [-0.05, 0) is 11.6 Å². The Morgan fingerprint density at radius 1 is 1.38 bits per heavy atom. The molecule has 1 N–H and O–H groups in total. The predicted molar refractivity (Wildman–Crippen MR) is 53.4 cm³/mol. The first-order chi connectivity index (χ1) is 5.84. The lowest BCUT2D eigenvalue weighted by Gasteiger charge is -2.03. The van der Waals surface area contributed by atoms with Gasteiger partial charge in [0.1, 0.15) is 0 Å². The maximum atomic E-state index is 5.94. The number of hydrogen-bond acceptors (Lipinski definition) is 1. The molecule has 0 saturated carbocycles. The molecule has 0 spiro atoms. The fourth-order valence-corrected chi connectivity index (χ4v) is 1.15. The normalized spacial score (nSPS) is 9.00. The first-order valence-electron chi connectivity index (χ1n) is 3.89. The number of hydrogen-bond donors (Lipinski definition) is 1. The molecule has 0 aromatic heterocycles. The molecule has 0 heterocycles. The molecule has 0 bridgehead atoms. The smallest absolute Gasteiger partial charge is 0.0450 e. The standard InChI is InChI=1S/C10H12ClN.ClH/c1-2-7-12-8-9-5-3-4-6-10(9)11;/h2-6,12H,1,7-8H2;1H/p-1. The second-order valence-electron chi connectivity index (χ2n) is 2.51. The molecule has 0 amide bonds. The lowest BCUT2D eigenvalue weighted by Crippen LogP contribution is -3.00. The molecule has 13 heavy (non-hydrogen) atoms. The maximum absolute atomic E-state index is 5.94. The molecular weight excluding hydrogens is 205 g/mol. The number of rotatable bonds is 4. The maximum Gasteiger partial charge on any atom is 0.0450 e. The van der Waals surface area contributed by atoms with Gasteiger partial charge >= 0.3 is 0 Å². The first-order valence-corrected chi connectivity index (χ1v) is 4.27. The van der Waals surface area contributed by atoms with Crippen LogP contribution in [0.3, 0.4) is 0 Å². The van der Waals surface area contributed by atoms with Crippen molar-refractivity contribution in [2.45, 2.75) is 6.54 Å². The molecule has 0 aliphatic rings. The van der Waals surface area contributed by atoms with Gasteiger partial charge in [-0.3, -0.25) is 0 Å². The molecule has 0 atom stereocenters. The zero-order valence-corrected chi connectivity index (χ0v) is 8.78. The Morgan fingerprint density at radius 2 is 2.08 bits per heavy atom. The zero-order valence-electron chi connectivity index (χ0n) is 7.26. The van der Waals surface area contributed by atoms with E-state index >= 15 is 0 Å². The first kappa shape index (κ1) is 12.5. The minimum Gasteiger partial charge on any atom is -1.00 e. The van der Waals surface area contributed by atoms with Crippen molar-refractivity contribution in [1.82, 2.24) is 5.32 Å². The van der Waals surface area contributed by atoms with Crippen LogP contribution in [-0.4, -0.2) is 6.54 Å². The molecule has 0 unspecified atom stereocenters. The summed E-state index contributed by atoms with van der Waals surface area (Å²) in [7, 11) is 0. The molecule has 0 fully saturated rings. The Hall–Kier alpha value is -0.500. The summed E-state index contributed by atoms with van der Waals surface area (Å²) < 4.78 is 0. The van der Waals surface area contributed by atoms with Crippen LogP contribution >= 0.6 is 11.6 Å². The molecule has 1 aromatic rings. The topological polar surface area (TPSA) is 12.0 Å². The SMILES string of the molecule is C=CCNCc1ccccc1Cl.[Cl-]. The highest BCUT2D eigenvalue weighted by atomic mass is 35.5. The lowest BCUT2D eigenvalue weighted by molar-refractivity contribution is -0.00000239. The summed E-state index contributed by atoms with van der Waals surface area (Å²) in [5.74, 6) is 0. The van der Waals surface area contributed by atoms with E-state index in [1.54, 1.807) is 0 Å². The monoisotopic (exact) mass is 216 g/mol. The van der Waals surface area contributed by atoms with Crippen LogP contribution in [0, 0.1) is 0 Å². The van der Waals surface area contributed by atoms with Crippen molar-refractivity contribution in [3.8, 4) is 0 Å². The van der Waals surface area contributed by atoms with Crippen LogP contribution in [0.5, 0.6) is 0 Å². The van der Waals surface area contributed by atoms with E-state index in [1.165, 1.54) is 0 Å². The zero-order chi connectivity index (χ0) is 8.81. The Morgan fingerprint density at radius 3 is 2.69 bits per heavy atom. The lowest BCUT2D eigenvalue weighted by atomic mass is 10.2. The van der Waals surface area contributed by atoms with E-state index in [0.29, 0.717) is 0 Å². The third-order valence-electron chi connectivity index (χ3n) is 1.56. The van der Waals surface area contributed by atoms with Gasteiger partial charge in [-0.1, -0.05) is 35.9 Å². The summed E-state index contributed by atoms with van der Waals surface area (Å²) in [5.41, 5.74) is 1.13. The van der Waals surface area contributed by atoms with E-state index < -0.39 is 0 Å². The van der Waals surface area contributed by atoms with Crippen molar-refractivity contribution in [3.63, 3.8) is 0 Å². The average Bonchev–Trinajstić information content (AvgIpc) is 2.09. The van der Waals surface area contributed by atoms with Crippen molar-refractivity contribution < 1.29 is 12.4 Å². The van der Waals surface area contributed by atoms with Gasteiger partial charge in [0.2, 0.25) is 0 Å². The van der Waals surface area contributed by atoms with E-state index in [1.807, 2.05) is 30.3 Å². The Balaban J connectivity index is 0.00000144. The molecule has 0 aliphatic carbocycles. The van der Waals surface area contributed by atoms with Gasteiger partial charge in [0.05, 0.1) is 0 Å². The molecule has 1 aromatic carbocycles. The quantitative estimate of drug-likeness (QED) is 0.535. The number of nitrogens with one attached hydrogen (secondary N) is 1. The average molecular weight is 217 g/mol. The summed E-state index contributed by atoms with van der Waals surface area (Å²) in [6.07, 6.45) is 1.83. The van der Waals surface area contributed by atoms with Gasteiger partial charge in [-0.2, -0.15) is 0 Å². The van der Waals surface area contributed by atoms with E-state index in [4.69, 9.17) is 11.6 Å². The summed E-state index contributed by atoms with van der Waals surface area (Å²) in [6.45, 7) is 5.23. The van der Waals surface area contributed by atoms with Gasteiger partial charge in [0.25, 0.3) is 0 Å². The van der Waals surface area contributed by atoms with E-state index in [-0.39, 0.29) is 12.4 Å². The van der Waals surface area contributed by atoms with Crippen LogP contribution in [0.1, 0.15) is 5.56 Å². The van der Waals surface area contributed by atoms with Crippen molar-refractivity contribution in [3.05, 3.63) is 47.5 Å². The van der Waals surface area contributed by atoms with Crippen molar-refractivity contribution in [2.24, 2.45) is 0 Å². The molecule has 0 saturated heterocycles. The molecule has 0 radical (unpaired) electrons. The van der Waals surface area contributed by atoms with Crippen molar-refractivity contribution in [1.29, 1.82) is 0 Å². The van der Waals surface area contributed by atoms with Crippen LogP contribution in [-0.2, 0) is 6.54 Å². The molecule has 0 aliphatic heterocycles. The van der Waals surface area contributed by atoms with Crippen LogP contribution in [0.4, 0.5) is 0 Å². The summed E-state index contributed by atoms with van der Waals surface area (Å²) in [5, 5.41) is 4.00. The molecule has 72 valence electrons. The third-order valence-corrected chi connectivity index (χ3v) is 1.93. The van der Waals surface area contributed by atoms with Gasteiger partial charge < -0.3 is 17.7 Å². The van der Waals surface area contributed by atoms with Crippen LogP contribution in [0.25, 0.3) is 0 Å². The second kappa shape index (κ2) is 6.96. The Kier molecular flexibility index (Phi) is 6.69. The predicted octanol–water partition coefficient (Wildman–Crippen LogP) is -0.380. The second-order valence-corrected chi connectivity index (χ2v) is 2.92. The van der Waals surface area contributed by atoms with Crippen LogP contribution in [0.15, 0.2) is 36.9 Å². The minimum atomic E-state index is 0. The molecule has 1 nitrogen and oxygen atoms in total. The third kappa shape index (κ3) is 4.32. The van der Waals surface area contributed by atoms with E-state index in [0.717, 1.165) is 23.7 Å². The van der Waals surface area contributed by atoms with Crippen molar-refractivity contribution in [2.75, 3.05) is 6.54 Å². The van der Waals surface area contributed by atoms with Gasteiger partial charge in [0.15, 0.2) is 0 Å². The fourth-order valence-electron chi connectivity index (χ4n) is 0.951. The van der Waals surface area contributed by atoms with E-state index in [2.05, 4.69) is 11.9 Å². The Bertz CT molecular complexity index is 261. The number of benzene rings is 1. The van der Waals surface area contributed by atoms with Crippen LogP contribution < -0.4 is 17.7 Å². The molecule has 1 rings (SSSR count). The van der Waals surface area contributed by atoms with Gasteiger partial charge in [-0.25, -0.2) is 0 Å². The number of halogens is 2. The fraction of sp³-hybridized carbons (Fsp3) is 0.200. The van der Waals surface area contributed by atoms with Gasteiger partial charge in [0, 0.05) is 18.1 Å². The highest BCUT2D eigenvalue weighted by Crippen LogP contribution is 2.13. The summed E-state index contributed by atoms with van der Waals surface area (Å²) in [6, 6.07) is 7.82. The largest absolute Gasteiger partial charge is 1.00 e. The molecule has 3 heteroatoms. The van der Waals surface area contributed by atoms with Crippen LogP contribution in [0.2, 0.25) is 5.02 Å². The summed E-state index contributed by atoms with van der Waals surface area (Å²) in [4.78, 5) is 0. The highest BCUT2D eigenvalue weighted by molar-refractivity contribution is 6.31.